The third kappa shape index (κ3) is 6.15. The first-order chi connectivity index (χ1) is 17.8. The van der Waals surface area contributed by atoms with Gasteiger partial charge in [0.1, 0.15) is 5.56 Å². The highest BCUT2D eigenvalue weighted by molar-refractivity contribution is 7.89. The number of aryl methyl sites for hydroxylation is 1. The van der Waals surface area contributed by atoms with Crippen molar-refractivity contribution in [1.82, 2.24) is 9.78 Å². The van der Waals surface area contributed by atoms with Crippen LogP contribution >= 0.6 is 0 Å². The van der Waals surface area contributed by atoms with E-state index in [-0.39, 0.29) is 17.5 Å². The molecule has 0 unspecified atom stereocenters. The van der Waals surface area contributed by atoms with E-state index in [0.717, 1.165) is 28.8 Å². The van der Waals surface area contributed by atoms with Crippen molar-refractivity contribution in [3.63, 3.8) is 0 Å². The fourth-order valence-corrected chi connectivity index (χ4v) is 5.19. The van der Waals surface area contributed by atoms with E-state index in [4.69, 9.17) is 15.0 Å². The van der Waals surface area contributed by atoms with Crippen LogP contribution in [0, 0.1) is 0 Å². The van der Waals surface area contributed by atoms with E-state index in [1.807, 2.05) is 59.3 Å². The van der Waals surface area contributed by atoms with E-state index in [2.05, 4.69) is 6.92 Å². The molecule has 0 radical (unpaired) electrons. The van der Waals surface area contributed by atoms with Crippen LogP contribution in [0.15, 0.2) is 83.8 Å². The summed E-state index contributed by atoms with van der Waals surface area (Å²) >= 11 is 0. The van der Waals surface area contributed by atoms with Crippen LogP contribution in [0.2, 0.25) is 0 Å². The Morgan fingerprint density at radius 1 is 0.892 bits per heavy atom. The van der Waals surface area contributed by atoms with Gasteiger partial charge in [0.2, 0.25) is 10.0 Å². The third-order valence-corrected chi connectivity index (χ3v) is 7.06. The first kappa shape index (κ1) is 26.3. The lowest BCUT2D eigenvalue weighted by Crippen LogP contribution is -2.13. The van der Waals surface area contributed by atoms with Gasteiger partial charge in [-0.3, -0.25) is 4.68 Å². The molecule has 0 bridgehead atoms. The Balaban J connectivity index is 1.72. The minimum absolute atomic E-state index is 0.0823. The van der Waals surface area contributed by atoms with Gasteiger partial charge in [0.25, 0.3) is 0 Å². The highest BCUT2D eigenvalue weighted by Gasteiger charge is 2.25. The van der Waals surface area contributed by atoms with Crippen molar-refractivity contribution in [3.05, 3.63) is 107 Å². The van der Waals surface area contributed by atoms with E-state index in [1.165, 1.54) is 6.07 Å². The number of sulfonamides is 1. The maximum atomic E-state index is 13.1. The largest absolute Gasteiger partial charge is 0.462 e. The van der Waals surface area contributed by atoms with Gasteiger partial charge in [-0.25, -0.2) is 18.4 Å². The summed E-state index contributed by atoms with van der Waals surface area (Å²) in [5, 5.41) is 10.3. The van der Waals surface area contributed by atoms with Crippen LogP contribution in [0.25, 0.3) is 11.1 Å². The fourth-order valence-electron chi connectivity index (χ4n) is 4.43. The van der Waals surface area contributed by atoms with E-state index < -0.39 is 10.0 Å². The summed E-state index contributed by atoms with van der Waals surface area (Å²) in [6, 6.07) is 24.2. The molecular weight excluding hydrogens is 486 g/mol. The summed E-state index contributed by atoms with van der Waals surface area (Å²) in [6.45, 7) is 4.82. The number of hydrogen-bond donors (Lipinski definition) is 1. The lowest BCUT2D eigenvalue weighted by molar-refractivity contribution is 0.0524. The van der Waals surface area contributed by atoms with Crippen molar-refractivity contribution in [1.29, 1.82) is 0 Å². The van der Waals surface area contributed by atoms with E-state index >= 15 is 0 Å². The molecule has 0 aliphatic heterocycles. The first-order valence-corrected chi connectivity index (χ1v) is 13.9. The number of carbonyl (C=O) groups excluding carboxylic acids is 1. The molecule has 3 aromatic carbocycles. The van der Waals surface area contributed by atoms with Crippen molar-refractivity contribution in [3.8, 4) is 11.1 Å². The number of aromatic nitrogens is 2. The Labute approximate surface area is 218 Å². The molecule has 0 spiro atoms. The van der Waals surface area contributed by atoms with Gasteiger partial charge in [-0.1, -0.05) is 79.7 Å². The average Bonchev–Trinajstić information content (AvgIpc) is 3.21. The number of nitrogens with two attached hydrogens (primary N) is 1. The summed E-state index contributed by atoms with van der Waals surface area (Å²) in [5.74, 6) is -0.371. The number of esters is 1. The van der Waals surface area contributed by atoms with E-state index in [1.54, 1.807) is 25.1 Å². The molecule has 1 aromatic heterocycles. The summed E-state index contributed by atoms with van der Waals surface area (Å²) < 4.78 is 31.4. The topological polar surface area (TPSA) is 104 Å². The molecule has 4 aromatic rings. The summed E-state index contributed by atoms with van der Waals surface area (Å²) in [6.07, 6.45) is 1.88. The zero-order valence-corrected chi connectivity index (χ0v) is 21.9. The van der Waals surface area contributed by atoms with Gasteiger partial charge < -0.3 is 4.74 Å². The van der Waals surface area contributed by atoms with Gasteiger partial charge in [0.05, 0.1) is 22.9 Å². The Kier molecular flexibility index (Phi) is 8.21. The molecule has 0 saturated carbocycles. The second-order valence-corrected chi connectivity index (χ2v) is 10.3. The van der Waals surface area contributed by atoms with Crippen LogP contribution < -0.4 is 5.14 Å². The maximum Gasteiger partial charge on any atom is 0.341 e. The van der Waals surface area contributed by atoms with Crippen molar-refractivity contribution in [2.24, 2.45) is 5.14 Å². The molecule has 8 heteroatoms. The minimum atomic E-state index is -3.86. The predicted molar refractivity (Wildman–Crippen MR) is 144 cm³/mol. The van der Waals surface area contributed by atoms with Crippen LogP contribution in [0.3, 0.4) is 0 Å². The van der Waals surface area contributed by atoms with Gasteiger partial charge >= 0.3 is 5.97 Å². The molecule has 0 amide bonds. The lowest BCUT2D eigenvalue weighted by atomic mass is 9.99. The molecule has 0 aliphatic carbocycles. The molecule has 0 saturated heterocycles. The van der Waals surface area contributed by atoms with Crippen molar-refractivity contribution in [2.75, 3.05) is 6.61 Å². The van der Waals surface area contributed by atoms with Crippen LogP contribution in [0.1, 0.15) is 53.1 Å². The highest BCUT2D eigenvalue weighted by atomic mass is 32.2. The number of benzene rings is 3. The Bertz CT molecular complexity index is 1480. The molecule has 0 fully saturated rings. The number of nitrogens with zero attached hydrogens (tertiary/aromatic N) is 2. The fraction of sp³-hybridized carbons (Fsp3) is 0.241. The number of hydrogen-bond acceptors (Lipinski definition) is 5. The van der Waals surface area contributed by atoms with Crippen molar-refractivity contribution < 1.29 is 17.9 Å². The second kappa shape index (κ2) is 11.5. The maximum absolute atomic E-state index is 13.1. The van der Waals surface area contributed by atoms with Gasteiger partial charge in [0, 0.05) is 24.9 Å². The van der Waals surface area contributed by atoms with Crippen LogP contribution in [-0.4, -0.2) is 30.8 Å². The van der Waals surface area contributed by atoms with Crippen molar-refractivity contribution in [2.45, 2.75) is 44.6 Å². The standard InChI is InChI=1S/C29H31N3O4S/c1-3-18-32-26(28(29(33)36-4-2)25(31-32)19-21-10-6-5-7-11-21)20-22-14-16-23(17-15-22)24-12-8-9-13-27(24)37(30,34)35/h5-17H,3-4,18-20H2,1-2H3,(H2,30,34,35). The monoisotopic (exact) mass is 517 g/mol. The average molecular weight is 518 g/mol. The quantitative estimate of drug-likeness (QED) is 0.299. The number of rotatable bonds is 10. The number of primary sulfonamides is 1. The molecular formula is C29H31N3O4S. The Morgan fingerprint density at radius 2 is 1.54 bits per heavy atom. The zero-order chi connectivity index (χ0) is 26.4. The normalized spacial score (nSPS) is 11.4. The van der Waals surface area contributed by atoms with Gasteiger partial charge in [-0.15, -0.1) is 0 Å². The lowest BCUT2D eigenvalue weighted by Gasteiger charge is -2.11. The van der Waals surface area contributed by atoms with Gasteiger partial charge in [-0.2, -0.15) is 5.10 Å². The molecule has 192 valence electrons. The van der Waals surface area contributed by atoms with Crippen LogP contribution in [0.5, 0.6) is 0 Å². The summed E-state index contributed by atoms with van der Waals surface area (Å²) in [5.41, 5.74) is 5.35. The molecule has 1 heterocycles. The smallest absolute Gasteiger partial charge is 0.341 e. The highest BCUT2D eigenvalue weighted by Crippen LogP contribution is 2.28. The minimum Gasteiger partial charge on any atom is -0.462 e. The van der Waals surface area contributed by atoms with Crippen LogP contribution in [0.4, 0.5) is 0 Å². The molecule has 7 nitrogen and oxygen atoms in total. The van der Waals surface area contributed by atoms with E-state index in [0.29, 0.717) is 36.2 Å². The van der Waals surface area contributed by atoms with E-state index in [9.17, 15) is 13.2 Å². The predicted octanol–water partition coefficient (Wildman–Crippen LogP) is 4.97. The first-order valence-electron chi connectivity index (χ1n) is 12.3. The Hall–Kier alpha value is -3.75. The number of ether oxygens (including phenoxy) is 1. The molecule has 0 aliphatic rings. The molecule has 4 rings (SSSR count). The van der Waals surface area contributed by atoms with Crippen LogP contribution in [-0.2, 0) is 34.1 Å². The van der Waals surface area contributed by atoms with Gasteiger partial charge in [0.15, 0.2) is 0 Å². The zero-order valence-electron chi connectivity index (χ0n) is 21.1. The Morgan fingerprint density at radius 3 is 2.19 bits per heavy atom. The number of carbonyl (C=O) groups is 1. The molecule has 37 heavy (non-hydrogen) atoms. The van der Waals surface area contributed by atoms with Crippen molar-refractivity contribution >= 4 is 16.0 Å². The SMILES string of the molecule is CCCn1nc(Cc2ccccc2)c(C(=O)OCC)c1Cc1ccc(-c2ccccc2S(N)(=O)=O)cc1. The summed E-state index contributed by atoms with van der Waals surface area (Å²) in [7, 11) is -3.86. The second-order valence-electron chi connectivity index (χ2n) is 8.79. The molecule has 2 N–H and O–H groups in total. The van der Waals surface area contributed by atoms with Gasteiger partial charge in [-0.05, 0) is 36.1 Å². The summed E-state index contributed by atoms with van der Waals surface area (Å²) in [4.78, 5) is 13.2. The molecule has 0 atom stereocenters. The third-order valence-electron chi connectivity index (χ3n) is 6.09.